The predicted molar refractivity (Wildman–Crippen MR) is 121 cm³/mol. The number of hydrogen-bond acceptors (Lipinski definition) is 4. The molecule has 0 saturated carbocycles. The van der Waals surface area contributed by atoms with Gasteiger partial charge >= 0.3 is 0 Å². The van der Waals surface area contributed by atoms with Crippen LogP contribution < -0.4 is 5.43 Å². The highest BCUT2D eigenvalue weighted by Gasteiger charge is 2.10. The fourth-order valence-electron chi connectivity index (χ4n) is 2.46. The third-order valence-corrected chi connectivity index (χ3v) is 5.54. The summed E-state index contributed by atoms with van der Waals surface area (Å²) in [4.78, 5) is 4.51. The Hall–Kier alpha value is -1.92. The van der Waals surface area contributed by atoms with E-state index in [9.17, 15) is 0 Å². The molecule has 0 spiro atoms. The molecule has 144 valence electrons. The van der Waals surface area contributed by atoms with E-state index in [0.29, 0.717) is 27.3 Å². The molecule has 0 fully saturated rings. The molecule has 1 aromatic heterocycles. The highest BCUT2D eigenvalue weighted by Crippen LogP contribution is 2.33. The zero-order chi connectivity index (χ0) is 19.9. The first kappa shape index (κ1) is 20.8. The summed E-state index contributed by atoms with van der Waals surface area (Å²) < 4.78 is 2.10. The summed E-state index contributed by atoms with van der Waals surface area (Å²) in [7, 11) is 0. The van der Waals surface area contributed by atoms with E-state index in [1.165, 1.54) is 5.56 Å². The van der Waals surface area contributed by atoms with Crippen LogP contribution in [0, 0.1) is 0 Å². The van der Waals surface area contributed by atoms with E-state index < -0.39 is 0 Å². The van der Waals surface area contributed by atoms with Crippen molar-refractivity contribution >= 4 is 58.5 Å². The van der Waals surface area contributed by atoms with Crippen molar-refractivity contribution in [2.24, 2.45) is 5.10 Å². The second-order valence-electron chi connectivity index (χ2n) is 5.75. The summed E-state index contributed by atoms with van der Waals surface area (Å²) in [6, 6.07) is 13.4. The van der Waals surface area contributed by atoms with Gasteiger partial charge < -0.3 is 4.57 Å². The minimum Gasteiger partial charge on any atom is -0.314 e. The van der Waals surface area contributed by atoms with E-state index in [1.54, 1.807) is 36.3 Å². The molecule has 1 heterocycles. The van der Waals surface area contributed by atoms with Crippen LogP contribution in [-0.4, -0.2) is 21.5 Å². The van der Waals surface area contributed by atoms with Gasteiger partial charge in [0.15, 0.2) is 5.16 Å². The Balaban J connectivity index is 1.84. The van der Waals surface area contributed by atoms with Gasteiger partial charge in [0.05, 0.1) is 40.4 Å². The van der Waals surface area contributed by atoms with Gasteiger partial charge in [-0.15, -0.1) is 6.58 Å². The molecule has 3 aromatic rings. The van der Waals surface area contributed by atoms with Crippen LogP contribution in [0.1, 0.15) is 11.3 Å². The van der Waals surface area contributed by atoms with Crippen molar-refractivity contribution in [3.8, 4) is 0 Å². The summed E-state index contributed by atoms with van der Waals surface area (Å²) in [6.07, 6.45) is 5.33. The van der Waals surface area contributed by atoms with Crippen LogP contribution in [-0.2, 0) is 6.54 Å². The van der Waals surface area contributed by atoms with Crippen LogP contribution in [0.2, 0.25) is 15.1 Å². The molecule has 0 unspecified atom stereocenters. The van der Waals surface area contributed by atoms with E-state index in [2.05, 4.69) is 38.8 Å². The second kappa shape index (κ2) is 10.0. The molecule has 0 aliphatic rings. The van der Waals surface area contributed by atoms with Gasteiger partial charge in [-0.3, -0.25) is 5.43 Å². The number of nitrogens with zero attached hydrogens (tertiary/aromatic N) is 3. The van der Waals surface area contributed by atoms with Gasteiger partial charge in [-0.25, -0.2) is 4.98 Å². The number of hydrogen-bond donors (Lipinski definition) is 1. The molecule has 0 aliphatic carbocycles. The molecule has 0 saturated heterocycles. The van der Waals surface area contributed by atoms with E-state index in [1.807, 2.05) is 24.3 Å². The molecule has 8 heteroatoms. The Kier molecular flexibility index (Phi) is 7.45. The average Bonchev–Trinajstić information content (AvgIpc) is 3.04. The monoisotopic (exact) mass is 450 g/mol. The quantitative estimate of drug-likeness (QED) is 0.181. The Labute approximate surface area is 183 Å². The number of thioether (sulfide) groups is 1. The molecule has 0 amide bonds. The Morgan fingerprint density at radius 1 is 1.14 bits per heavy atom. The highest BCUT2D eigenvalue weighted by atomic mass is 35.5. The smallest absolute Gasteiger partial charge is 0.169 e. The summed E-state index contributed by atoms with van der Waals surface area (Å²) in [6.45, 7) is 4.46. The van der Waals surface area contributed by atoms with Crippen LogP contribution in [0.3, 0.4) is 0 Å². The maximum atomic E-state index is 6.18. The van der Waals surface area contributed by atoms with Crippen LogP contribution in [0.15, 0.2) is 71.6 Å². The van der Waals surface area contributed by atoms with Gasteiger partial charge in [-0.05, 0) is 17.7 Å². The SMILES string of the molecule is C=CCSc1ncc(/C=N\Nc2c(Cl)cc(Cl)cc2Cl)n1Cc1ccccc1. The van der Waals surface area contributed by atoms with Crippen LogP contribution in [0.25, 0.3) is 0 Å². The topological polar surface area (TPSA) is 42.2 Å². The minimum atomic E-state index is 0.398. The van der Waals surface area contributed by atoms with Crippen LogP contribution in [0.5, 0.6) is 0 Å². The minimum absolute atomic E-state index is 0.398. The Morgan fingerprint density at radius 3 is 2.54 bits per heavy atom. The number of halogens is 3. The van der Waals surface area contributed by atoms with E-state index >= 15 is 0 Å². The largest absolute Gasteiger partial charge is 0.314 e. The maximum Gasteiger partial charge on any atom is 0.169 e. The zero-order valence-electron chi connectivity index (χ0n) is 14.8. The van der Waals surface area contributed by atoms with Crippen molar-refractivity contribution < 1.29 is 0 Å². The summed E-state index contributed by atoms with van der Waals surface area (Å²) in [5.41, 5.74) is 5.41. The van der Waals surface area contributed by atoms with E-state index in [0.717, 1.165) is 16.6 Å². The Morgan fingerprint density at radius 2 is 1.86 bits per heavy atom. The number of imidazole rings is 1. The van der Waals surface area contributed by atoms with Crippen molar-refractivity contribution in [3.05, 3.63) is 87.6 Å². The first-order valence-corrected chi connectivity index (χ1v) is 10.5. The molecule has 0 atom stereocenters. The van der Waals surface area contributed by atoms with Crippen molar-refractivity contribution in [1.82, 2.24) is 9.55 Å². The molecule has 4 nitrogen and oxygen atoms in total. The molecule has 0 bridgehead atoms. The summed E-state index contributed by atoms with van der Waals surface area (Å²) >= 11 is 19.9. The summed E-state index contributed by atoms with van der Waals surface area (Å²) in [5.74, 6) is 0.774. The van der Waals surface area contributed by atoms with Gasteiger partial charge in [-0.2, -0.15) is 5.10 Å². The zero-order valence-corrected chi connectivity index (χ0v) is 17.9. The molecule has 0 radical (unpaired) electrons. The Bertz CT molecular complexity index is 963. The van der Waals surface area contributed by atoms with Crippen molar-refractivity contribution in [1.29, 1.82) is 0 Å². The standard InChI is InChI=1S/C20H17Cl3N4S/c1-2-8-28-20-24-11-16(27(20)13-14-6-4-3-5-7-14)12-25-26-19-17(22)9-15(21)10-18(19)23/h2-7,9-12,26H,1,8,13H2/b25-12-. The summed E-state index contributed by atoms with van der Waals surface area (Å²) in [5, 5.41) is 6.44. The van der Waals surface area contributed by atoms with Gasteiger partial charge in [0.2, 0.25) is 0 Å². The van der Waals surface area contributed by atoms with E-state index in [4.69, 9.17) is 34.8 Å². The van der Waals surface area contributed by atoms with Gasteiger partial charge in [0, 0.05) is 10.8 Å². The normalized spacial score (nSPS) is 11.1. The molecule has 0 aliphatic heterocycles. The fourth-order valence-corrected chi connectivity index (χ4v) is 4.08. The fraction of sp³-hybridized carbons (Fsp3) is 0.100. The van der Waals surface area contributed by atoms with Gasteiger partial charge in [-0.1, -0.05) is 83.0 Å². The third-order valence-electron chi connectivity index (χ3n) is 3.74. The molecule has 3 rings (SSSR count). The van der Waals surface area contributed by atoms with Gasteiger partial charge in [0.1, 0.15) is 0 Å². The first-order valence-electron chi connectivity index (χ1n) is 8.35. The van der Waals surface area contributed by atoms with E-state index in [-0.39, 0.29) is 0 Å². The lowest BCUT2D eigenvalue weighted by molar-refractivity contribution is 0.705. The second-order valence-corrected chi connectivity index (χ2v) is 7.99. The van der Waals surface area contributed by atoms with Crippen molar-refractivity contribution in [2.75, 3.05) is 11.2 Å². The molecule has 2 aromatic carbocycles. The average molecular weight is 452 g/mol. The molecule has 28 heavy (non-hydrogen) atoms. The van der Waals surface area contributed by atoms with Crippen LogP contribution >= 0.6 is 46.6 Å². The number of nitrogens with one attached hydrogen (secondary N) is 1. The number of rotatable bonds is 8. The first-order chi connectivity index (χ1) is 13.6. The van der Waals surface area contributed by atoms with Gasteiger partial charge in [0.25, 0.3) is 0 Å². The van der Waals surface area contributed by atoms with Crippen molar-refractivity contribution in [3.63, 3.8) is 0 Å². The molecular formula is C20H17Cl3N4S. The van der Waals surface area contributed by atoms with Crippen molar-refractivity contribution in [2.45, 2.75) is 11.7 Å². The number of aromatic nitrogens is 2. The predicted octanol–water partition coefficient (Wildman–Crippen LogP) is 6.62. The number of hydrazone groups is 1. The third kappa shape index (κ3) is 5.32. The molecular weight excluding hydrogens is 435 g/mol. The highest BCUT2D eigenvalue weighted by molar-refractivity contribution is 7.99. The number of benzene rings is 2. The lowest BCUT2D eigenvalue weighted by Crippen LogP contribution is -2.06. The maximum absolute atomic E-state index is 6.18. The van der Waals surface area contributed by atoms with Crippen LogP contribution in [0.4, 0.5) is 5.69 Å². The molecule has 1 N–H and O–H groups in total. The number of anilines is 1. The lowest BCUT2D eigenvalue weighted by atomic mass is 10.2. The lowest BCUT2D eigenvalue weighted by Gasteiger charge is -2.10.